The predicted molar refractivity (Wildman–Crippen MR) is 82.7 cm³/mol. The maximum absolute atomic E-state index is 2.29. The van der Waals surface area contributed by atoms with Crippen LogP contribution in [0.4, 0.5) is 0 Å². The molecule has 0 aromatic carbocycles. The highest BCUT2D eigenvalue weighted by atomic mass is 79.9. The van der Waals surface area contributed by atoms with Crippen molar-refractivity contribution in [2.24, 2.45) is 0 Å². The lowest BCUT2D eigenvalue weighted by Crippen LogP contribution is -3.00. The van der Waals surface area contributed by atoms with Crippen molar-refractivity contribution in [1.29, 1.82) is 0 Å². The molecule has 0 aliphatic rings. The van der Waals surface area contributed by atoms with E-state index in [-0.39, 0.29) is 17.0 Å². The average Bonchev–Trinajstić information content (AvgIpc) is 2.17. The van der Waals surface area contributed by atoms with Gasteiger partial charge >= 0.3 is 0 Å². The molecule has 0 aliphatic heterocycles. The third kappa shape index (κ3) is 20.9. The molecule has 0 fully saturated rings. The summed E-state index contributed by atoms with van der Waals surface area (Å²) in [7, 11) is 13.7. The minimum atomic E-state index is 0. The first-order valence-corrected chi connectivity index (χ1v) is 7.82. The van der Waals surface area contributed by atoms with Crippen LogP contribution >= 0.6 is 0 Å². The predicted octanol–water partition coefficient (Wildman–Crippen LogP) is 0.524. The molecule has 0 unspecified atom stereocenters. The van der Waals surface area contributed by atoms with Gasteiger partial charge in [-0.1, -0.05) is 25.7 Å². The van der Waals surface area contributed by atoms with Crippen molar-refractivity contribution in [3.63, 3.8) is 0 Å². The Morgan fingerprint density at radius 2 is 0.632 bits per heavy atom. The van der Waals surface area contributed by atoms with E-state index in [4.69, 9.17) is 0 Å². The molecule has 0 bridgehead atoms. The van der Waals surface area contributed by atoms with Gasteiger partial charge in [0.05, 0.1) is 55.4 Å². The van der Waals surface area contributed by atoms with Crippen LogP contribution in [0, 0.1) is 0 Å². The molecule has 2 nitrogen and oxygen atoms in total. The standard InChI is InChI=1S/C16H38N2.BrH/c1-17(2,3)15-13-11-9-7-8-10-12-14-16-18(4,5)6;/h7-16H2,1-6H3;1H/q+2;/p-1. The molecule has 0 spiro atoms. The van der Waals surface area contributed by atoms with Gasteiger partial charge in [-0.3, -0.25) is 0 Å². The minimum absolute atomic E-state index is 0. The monoisotopic (exact) mass is 337 g/mol. The SMILES string of the molecule is C[N+](C)(C)CCCCCCCCCC[N+](C)(C)C.[Br-]. The van der Waals surface area contributed by atoms with E-state index in [1.165, 1.54) is 64.5 Å². The van der Waals surface area contributed by atoms with Gasteiger partial charge in [0.25, 0.3) is 0 Å². The van der Waals surface area contributed by atoms with Crippen molar-refractivity contribution < 1.29 is 25.9 Å². The lowest BCUT2D eigenvalue weighted by atomic mass is 10.1. The van der Waals surface area contributed by atoms with E-state index in [1.807, 2.05) is 0 Å². The Morgan fingerprint density at radius 3 is 0.842 bits per heavy atom. The zero-order valence-corrected chi connectivity index (χ0v) is 15.9. The van der Waals surface area contributed by atoms with Crippen molar-refractivity contribution in [3.05, 3.63) is 0 Å². The molecule has 0 amide bonds. The summed E-state index contributed by atoms with van der Waals surface area (Å²) in [5.74, 6) is 0. The van der Waals surface area contributed by atoms with E-state index in [2.05, 4.69) is 42.3 Å². The maximum atomic E-state index is 2.29. The molecule has 0 saturated carbocycles. The summed E-state index contributed by atoms with van der Waals surface area (Å²) in [6.07, 6.45) is 11.4. The van der Waals surface area contributed by atoms with E-state index < -0.39 is 0 Å². The van der Waals surface area contributed by atoms with E-state index >= 15 is 0 Å². The number of halogens is 1. The smallest absolute Gasteiger partial charge is 0.0780 e. The van der Waals surface area contributed by atoms with E-state index in [0.29, 0.717) is 0 Å². The third-order valence-electron chi connectivity index (χ3n) is 3.41. The van der Waals surface area contributed by atoms with Gasteiger partial charge in [-0.15, -0.1) is 0 Å². The van der Waals surface area contributed by atoms with Gasteiger partial charge in [-0.05, 0) is 25.7 Å². The summed E-state index contributed by atoms with van der Waals surface area (Å²) in [5.41, 5.74) is 0. The normalized spacial score (nSPS) is 12.3. The molecule has 0 saturated heterocycles. The summed E-state index contributed by atoms with van der Waals surface area (Å²) < 4.78 is 2.23. The molecule has 0 radical (unpaired) electrons. The van der Waals surface area contributed by atoms with Crippen LogP contribution in [-0.4, -0.2) is 64.3 Å². The molecule has 0 aromatic heterocycles. The second kappa shape index (κ2) is 11.1. The van der Waals surface area contributed by atoms with E-state index in [1.54, 1.807) is 0 Å². The second-order valence-electron chi connectivity index (χ2n) is 7.86. The molecule has 0 heterocycles. The number of hydrogen-bond donors (Lipinski definition) is 0. The molecule has 118 valence electrons. The number of quaternary nitrogens is 2. The first-order valence-electron chi connectivity index (χ1n) is 7.82. The Labute approximate surface area is 133 Å². The second-order valence-corrected chi connectivity index (χ2v) is 7.86. The summed E-state index contributed by atoms with van der Waals surface area (Å²) >= 11 is 0. The van der Waals surface area contributed by atoms with Gasteiger partial charge in [0.2, 0.25) is 0 Å². The van der Waals surface area contributed by atoms with Crippen molar-refractivity contribution >= 4 is 0 Å². The van der Waals surface area contributed by atoms with Crippen LogP contribution in [0.1, 0.15) is 51.4 Å². The van der Waals surface area contributed by atoms with Crippen molar-refractivity contribution in [3.8, 4) is 0 Å². The maximum Gasteiger partial charge on any atom is 0.0780 e. The summed E-state index contributed by atoms with van der Waals surface area (Å²) in [6, 6.07) is 0. The highest BCUT2D eigenvalue weighted by Gasteiger charge is 2.06. The largest absolute Gasteiger partial charge is 1.00 e. The zero-order valence-electron chi connectivity index (χ0n) is 14.3. The molecule has 0 aromatic rings. The topological polar surface area (TPSA) is 0 Å². The van der Waals surface area contributed by atoms with Crippen LogP contribution in [-0.2, 0) is 0 Å². The molecule has 0 rings (SSSR count). The Hall–Kier alpha value is 0.400. The van der Waals surface area contributed by atoms with Gasteiger partial charge < -0.3 is 25.9 Å². The summed E-state index contributed by atoms with van der Waals surface area (Å²) in [4.78, 5) is 0. The number of rotatable bonds is 11. The highest BCUT2D eigenvalue weighted by molar-refractivity contribution is 4.47. The summed E-state index contributed by atoms with van der Waals surface area (Å²) in [5, 5.41) is 0. The average molecular weight is 338 g/mol. The first-order chi connectivity index (χ1) is 8.21. The van der Waals surface area contributed by atoms with Crippen molar-refractivity contribution in [1.82, 2.24) is 0 Å². The van der Waals surface area contributed by atoms with E-state index in [9.17, 15) is 0 Å². The quantitative estimate of drug-likeness (QED) is 0.381. The van der Waals surface area contributed by atoms with Gasteiger partial charge in [-0.25, -0.2) is 0 Å². The summed E-state index contributed by atoms with van der Waals surface area (Å²) in [6.45, 7) is 2.65. The highest BCUT2D eigenvalue weighted by Crippen LogP contribution is 2.10. The first kappa shape index (κ1) is 21.7. The molecule has 0 atom stereocenters. The zero-order chi connectivity index (χ0) is 14.1. The van der Waals surface area contributed by atoms with Crippen molar-refractivity contribution in [2.75, 3.05) is 55.4 Å². The fraction of sp³-hybridized carbons (Fsp3) is 1.00. The molecule has 3 heteroatoms. The van der Waals surface area contributed by atoms with Gasteiger partial charge in [0.1, 0.15) is 0 Å². The molecule has 0 N–H and O–H groups in total. The number of unbranched alkanes of at least 4 members (excludes halogenated alkanes) is 7. The fourth-order valence-electron chi connectivity index (χ4n) is 2.23. The fourth-order valence-corrected chi connectivity index (χ4v) is 2.23. The lowest BCUT2D eigenvalue weighted by Gasteiger charge is -2.23. The molecule has 19 heavy (non-hydrogen) atoms. The number of nitrogens with zero attached hydrogens (tertiary/aromatic N) is 2. The Morgan fingerprint density at radius 1 is 0.421 bits per heavy atom. The van der Waals surface area contributed by atoms with Crippen LogP contribution in [0.5, 0.6) is 0 Å². The van der Waals surface area contributed by atoms with E-state index in [0.717, 1.165) is 8.97 Å². The third-order valence-corrected chi connectivity index (χ3v) is 3.41. The van der Waals surface area contributed by atoms with Crippen molar-refractivity contribution in [2.45, 2.75) is 51.4 Å². The van der Waals surface area contributed by atoms with Crippen LogP contribution < -0.4 is 17.0 Å². The van der Waals surface area contributed by atoms with Crippen LogP contribution in [0.3, 0.4) is 0 Å². The minimum Gasteiger partial charge on any atom is -1.00 e. The van der Waals surface area contributed by atoms with Crippen LogP contribution in [0.15, 0.2) is 0 Å². The molecular formula is C16H38BrN2+. The van der Waals surface area contributed by atoms with Gasteiger partial charge in [0, 0.05) is 0 Å². The van der Waals surface area contributed by atoms with Gasteiger partial charge in [0.15, 0.2) is 0 Å². The van der Waals surface area contributed by atoms with Crippen LogP contribution in [0.2, 0.25) is 0 Å². The Kier molecular flexibility index (Phi) is 12.7. The van der Waals surface area contributed by atoms with Gasteiger partial charge in [-0.2, -0.15) is 0 Å². The molecule has 0 aliphatic carbocycles. The number of hydrogen-bond acceptors (Lipinski definition) is 0. The Balaban J connectivity index is 0. The molecular weight excluding hydrogens is 300 g/mol. The van der Waals surface area contributed by atoms with Crippen LogP contribution in [0.25, 0.3) is 0 Å². The Bertz CT molecular complexity index is 170. The lowest BCUT2D eigenvalue weighted by molar-refractivity contribution is -0.870.